The third-order valence-corrected chi connectivity index (χ3v) is 4.01. The van der Waals surface area contributed by atoms with E-state index in [1.807, 2.05) is 12.1 Å². The minimum Gasteiger partial charge on any atom is -0.468 e. The normalized spacial score (nSPS) is 27.5. The van der Waals surface area contributed by atoms with Crippen molar-refractivity contribution in [3.05, 3.63) is 24.2 Å². The van der Waals surface area contributed by atoms with Gasteiger partial charge in [0.05, 0.1) is 12.3 Å². The predicted molar refractivity (Wildman–Crippen MR) is 65.1 cm³/mol. The fraction of sp³-hybridized carbons (Fsp3) is 0.692. The first-order chi connectivity index (χ1) is 7.74. The lowest BCUT2D eigenvalue weighted by Crippen LogP contribution is -2.39. The lowest BCUT2D eigenvalue weighted by molar-refractivity contribution is 0.137. The number of hydrogen-bond acceptors (Lipinski definition) is 3. The molecule has 0 bridgehead atoms. The maximum Gasteiger partial charge on any atom is 0.120 e. The van der Waals surface area contributed by atoms with Crippen molar-refractivity contribution in [2.45, 2.75) is 38.3 Å². The van der Waals surface area contributed by atoms with Gasteiger partial charge in [-0.3, -0.25) is 4.90 Å². The van der Waals surface area contributed by atoms with Crippen molar-refractivity contribution >= 4 is 0 Å². The second-order valence-corrected chi connectivity index (χ2v) is 4.85. The molecule has 0 spiro atoms. The van der Waals surface area contributed by atoms with E-state index >= 15 is 0 Å². The Morgan fingerprint density at radius 3 is 3.00 bits per heavy atom. The van der Waals surface area contributed by atoms with Crippen molar-refractivity contribution < 1.29 is 4.42 Å². The van der Waals surface area contributed by atoms with Crippen LogP contribution in [0.4, 0.5) is 0 Å². The molecule has 16 heavy (non-hydrogen) atoms. The van der Waals surface area contributed by atoms with E-state index in [1.165, 1.54) is 19.3 Å². The van der Waals surface area contributed by atoms with Gasteiger partial charge in [0.25, 0.3) is 0 Å². The summed E-state index contributed by atoms with van der Waals surface area (Å²) in [7, 11) is 2.19. The highest BCUT2D eigenvalue weighted by Crippen LogP contribution is 2.33. The summed E-state index contributed by atoms with van der Waals surface area (Å²) in [6.45, 7) is 3.00. The zero-order chi connectivity index (χ0) is 11.5. The van der Waals surface area contributed by atoms with E-state index in [1.54, 1.807) is 6.26 Å². The van der Waals surface area contributed by atoms with E-state index in [0.717, 1.165) is 12.3 Å². The van der Waals surface area contributed by atoms with Crippen LogP contribution in [0, 0.1) is 5.92 Å². The van der Waals surface area contributed by atoms with Gasteiger partial charge in [0.2, 0.25) is 0 Å². The van der Waals surface area contributed by atoms with E-state index in [9.17, 15) is 0 Å². The molecule has 2 rings (SSSR count). The molecule has 1 fully saturated rings. The van der Waals surface area contributed by atoms with Crippen molar-refractivity contribution in [3.8, 4) is 0 Å². The lowest BCUT2D eigenvalue weighted by atomic mass is 10.0. The van der Waals surface area contributed by atoms with Gasteiger partial charge in [0.15, 0.2) is 0 Å². The van der Waals surface area contributed by atoms with Crippen LogP contribution in [0.3, 0.4) is 0 Å². The van der Waals surface area contributed by atoms with Crippen molar-refractivity contribution in [2.75, 3.05) is 13.6 Å². The molecule has 90 valence electrons. The van der Waals surface area contributed by atoms with Crippen LogP contribution < -0.4 is 5.73 Å². The highest BCUT2D eigenvalue weighted by atomic mass is 16.3. The van der Waals surface area contributed by atoms with Crippen LogP contribution in [0.5, 0.6) is 0 Å². The van der Waals surface area contributed by atoms with Gasteiger partial charge in [0, 0.05) is 6.04 Å². The second kappa shape index (κ2) is 5.02. The van der Waals surface area contributed by atoms with Crippen molar-refractivity contribution in [1.29, 1.82) is 0 Å². The maximum atomic E-state index is 5.83. The lowest BCUT2D eigenvalue weighted by Gasteiger charge is -2.33. The molecular weight excluding hydrogens is 200 g/mol. The highest BCUT2D eigenvalue weighted by Gasteiger charge is 2.32. The zero-order valence-electron chi connectivity index (χ0n) is 10.2. The summed E-state index contributed by atoms with van der Waals surface area (Å²) >= 11 is 0. The topological polar surface area (TPSA) is 42.4 Å². The fourth-order valence-electron chi connectivity index (χ4n) is 2.85. The third kappa shape index (κ3) is 2.15. The van der Waals surface area contributed by atoms with Gasteiger partial charge in [0.1, 0.15) is 5.76 Å². The molecule has 0 aliphatic heterocycles. The molecule has 1 saturated carbocycles. The monoisotopic (exact) mass is 222 g/mol. The Balaban J connectivity index is 2.04. The van der Waals surface area contributed by atoms with Gasteiger partial charge in [-0.1, -0.05) is 6.42 Å². The largest absolute Gasteiger partial charge is 0.468 e. The van der Waals surface area contributed by atoms with Crippen LogP contribution in [0.25, 0.3) is 0 Å². The first-order valence-corrected chi connectivity index (χ1v) is 6.19. The number of rotatable bonds is 4. The summed E-state index contributed by atoms with van der Waals surface area (Å²) < 4.78 is 5.47. The molecule has 0 radical (unpaired) electrons. The summed E-state index contributed by atoms with van der Waals surface area (Å²) in [6, 6.07) is 4.96. The van der Waals surface area contributed by atoms with E-state index < -0.39 is 0 Å². The molecule has 0 aromatic carbocycles. The van der Waals surface area contributed by atoms with E-state index in [-0.39, 0.29) is 0 Å². The van der Waals surface area contributed by atoms with Crippen molar-refractivity contribution in [1.82, 2.24) is 4.90 Å². The number of hydrogen-bond donors (Lipinski definition) is 1. The van der Waals surface area contributed by atoms with Gasteiger partial charge < -0.3 is 10.2 Å². The van der Waals surface area contributed by atoms with Gasteiger partial charge >= 0.3 is 0 Å². The molecule has 0 saturated heterocycles. The molecule has 1 aromatic rings. The van der Waals surface area contributed by atoms with Crippen LogP contribution in [0.2, 0.25) is 0 Å². The molecule has 3 atom stereocenters. The van der Waals surface area contributed by atoms with Gasteiger partial charge in [-0.2, -0.15) is 0 Å². The number of nitrogens with two attached hydrogens (primary N) is 1. The molecule has 1 aromatic heterocycles. The molecule has 1 heterocycles. The molecular formula is C13H22N2O. The highest BCUT2D eigenvalue weighted by molar-refractivity contribution is 5.04. The minimum absolute atomic E-state index is 0.340. The van der Waals surface area contributed by atoms with Crippen molar-refractivity contribution in [2.24, 2.45) is 11.7 Å². The number of nitrogens with zero attached hydrogens (tertiary/aromatic N) is 1. The second-order valence-electron chi connectivity index (χ2n) is 4.85. The van der Waals surface area contributed by atoms with Crippen LogP contribution in [0.1, 0.15) is 38.0 Å². The van der Waals surface area contributed by atoms with Crippen LogP contribution in [-0.2, 0) is 0 Å². The van der Waals surface area contributed by atoms with Gasteiger partial charge in [-0.15, -0.1) is 0 Å². The fourth-order valence-corrected chi connectivity index (χ4v) is 2.85. The van der Waals surface area contributed by atoms with E-state index in [0.29, 0.717) is 18.0 Å². The molecule has 3 nitrogen and oxygen atoms in total. The standard InChI is InChI=1S/C13H22N2O/c1-10(13-7-4-8-16-13)15(2)12-6-3-5-11(12)9-14/h4,7-8,10-12H,3,5-6,9,14H2,1-2H3. The first kappa shape index (κ1) is 11.7. The maximum absolute atomic E-state index is 5.83. The van der Waals surface area contributed by atoms with E-state index in [4.69, 9.17) is 10.2 Å². The summed E-state index contributed by atoms with van der Waals surface area (Å²) in [4.78, 5) is 2.42. The summed E-state index contributed by atoms with van der Waals surface area (Å²) in [6.07, 6.45) is 5.59. The minimum atomic E-state index is 0.340. The predicted octanol–water partition coefficient (Wildman–Crippen LogP) is 2.40. The molecule has 2 N–H and O–H groups in total. The van der Waals surface area contributed by atoms with Crippen LogP contribution >= 0.6 is 0 Å². The summed E-state index contributed by atoms with van der Waals surface area (Å²) in [5, 5.41) is 0. The number of furan rings is 1. The third-order valence-electron chi connectivity index (χ3n) is 4.01. The molecule has 0 amide bonds. The summed E-state index contributed by atoms with van der Waals surface area (Å²) in [5.41, 5.74) is 5.83. The average Bonchev–Trinajstić information content (AvgIpc) is 2.97. The Morgan fingerprint density at radius 2 is 2.38 bits per heavy atom. The van der Waals surface area contributed by atoms with E-state index in [2.05, 4.69) is 18.9 Å². The SMILES string of the molecule is CC(c1ccco1)N(C)C1CCCC1CN. The smallest absolute Gasteiger partial charge is 0.120 e. The quantitative estimate of drug-likeness (QED) is 0.850. The molecule has 3 heteroatoms. The Kier molecular flexibility index (Phi) is 3.66. The van der Waals surface area contributed by atoms with Crippen LogP contribution in [-0.4, -0.2) is 24.5 Å². The molecule has 3 unspecified atom stereocenters. The average molecular weight is 222 g/mol. The Labute approximate surface area is 97.6 Å². The Bertz CT molecular complexity index is 310. The van der Waals surface area contributed by atoms with Crippen LogP contribution in [0.15, 0.2) is 22.8 Å². The van der Waals surface area contributed by atoms with Gasteiger partial charge in [-0.05, 0) is 51.4 Å². The van der Waals surface area contributed by atoms with Crippen molar-refractivity contribution in [3.63, 3.8) is 0 Å². The summed E-state index contributed by atoms with van der Waals surface area (Å²) in [5.74, 6) is 1.70. The molecule has 1 aliphatic carbocycles. The molecule has 1 aliphatic rings. The Hall–Kier alpha value is -0.800. The first-order valence-electron chi connectivity index (χ1n) is 6.19. The zero-order valence-corrected chi connectivity index (χ0v) is 10.2. The Morgan fingerprint density at radius 1 is 1.56 bits per heavy atom. The van der Waals surface area contributed by atoms with Gasteiger partial charge in [-0.25, -0.2) is 0 Å².